The molecule has 1 aromatic heterocycles. The average molecular weight is 411 g/mol. The molecule has 0 aliphatic carbocycles. The summed E-state index contributed by atoms with van der Waals surface area (Å²) in [5.74, 6) is -0.430. The van der Waals surface area contributed by atoms with Crippen molar-refractivity contribution >= 4 is 39.7 Å². The molecule has 0 fully saturated rings. The number of amides is 2. The molecule has 0 unspecified atom stereocenters. The van der Waals surface area contributed by atoms with Crippen molar-refractivity contribution in [2.75, 3.05) is 10.6 Å². The van der Waals surface area contributed by atoms with E-state index in [0.717, 1.165) is 17.8 Å². The van der Waals surface area contributed by atoms with Crippen molar-refractivity contribution in [2.45, 2.75) is 19.8 Å². The minimum Gasteiger partial charge on any atom is -0.326 e. The van der Waals surface area contributed by atoms with Crippen LogP contribution < -0.4 is 10.6 Å². The van der Waals surface area contributed by atoms with Gasteiger partial charge in [0, 0.05) is 35.4 Å². The monoisotopic (exact) mass is 411 g/mol. The summed E-state index contributed by atoms with van der Waals surface area (Å²) in [7, 11) is 0. The molecule has 29 heavy (non-hydrogen) atoms. The summed E-state index contributed by atoms with van der Waals surface area (Å²) in [6.07, 6.45) is 1.20. The third kappa shape index (κ3) is 5.20. The maximum Gasteiger partial charge on any atom is 0.269 e. The van der Waals surface area contributed by atoms with E-state index in [2.05, 4.69) is 20.8 Å². The van der Waals surface area contributed by atoms with Gasteiger partial charge in [-0.05, 0) is 42.8 Å². The lowest BCUT2D eigenvalue weighted by molar-refractivity contribution is -0.384. The van der Waals surface area contributed by atoms with E-state index in [4.69, 9.17) is 0 Å². The molecule has 0 radical (unpaired) electrons. The largest absolute Gasteiger partial charge is 0.326 e. The lowest BCUT2D eigenvalue weighted by Crippen LogP contribution is -2.13. The Morgan fingerprint density at radius 1 is 1.03 bits per heavy atom. The minimum absolute atomic E-state index is 0.0128. The molecule has 0 saturated carbocycles. The van der Waals surface area contributed by atoms with Gasteiger partial charge in [0.15, 0.2) is 0 Å². The Morgan fingerprint density at radius 3 is 2.34 bits per heavy atom. The number of carbonyl (C=O) groups excluding carboxylic acids is 2. The van der Waals surface area contributed by atoms with Crippen LogP contribution in [0, 0.1) is 10.1 Å². The predicted molar refractivity (Wildman–Crippen MR) is 110 cm³/mol. The number of non-ortho nitro benzene ring substituents is 1. The predicted octanol–water partition coefficient (Wildman–Crippen LogP) is 4.10. The van der Waals surface area contributed by atoms with Crippen molar-refractivity contribution in [1.29, 1.82) is 0 Å². The molecule has 0 aliphatic heterocycles. The van der Waals surface area contributed by atoms with E-state index in [-0.39, 0.29) is 17.5 Å². The Hall–Kier alpha value is -3.66. The summed E-state index contributed by atoms with van der Waals surface area (Å²) in [6, 6.07) is 12.5. The summed E-state index contributed by atoms with van der Waals surface area (Å²) in [6.45, 7) is 1.92. The van der Waals surface area contributed by atoms with E-state index >= 15 is 0 Å². The van der Waals surface area contributed by atoms with E-state index in [9.17, 15) is 19.7 Å². The van der Waals surface area contributed by atoms with Crippen LogP contribution in [0.2, 0.25) is 0 Å². The van der Waals surface area contributed by atoms with Crippen LogP contribution in [0.1, 0.15) is 30.1 Å². The first-order chi connectivity index (χ1) is 14.0. The molecular weight excluding hydrogens is 394 g/mol. The fraction of sp³-hybridized carbons (Fsp3) is 0.158. The molecule has 0 atom stereocenters. The normalized spacial score (nSPS) is 10.4. The zero-order valence-corrected chi connectivity index (χ0v) is 16.2. The van der Waals surface area contributed by atoms with Gasteiger partial charge in [0.05, 0.1) is 4.92 Å². The van der Waals surface area contributed by atoms with Crippen molar-refractivity contribution in [3.8, 4) is 10.6 Å². The van der Waals surface area contributed by atoms with Crippen LogP contribution in [-0.4, -0.2) is 26.9 Å². The summed E-state index contributed by atoms with van der Waals surface area (Å²) in [5.41, 5.74) is 1.68. The van der Waals surface area contributed by atoms with E-state index in [1.165, 1.54) is 12.1 Å². The van der Waals surface area contributed by atoms with Gasteiger partial charge in [-0.3, -0.25) is 25.0 Å². The third-order valence-corrected chi connectivity index (χ3v) is 4.77. The number of nitro benzene ring substituents is 1. The topological polar surface area (TPSA) is 127 Å². The second-order valence-corrected chi connectivity index (χ2v) is 7.02. The quantitative estimate of drug-likeness (QED) is 0.445. The van der Waals surface area contributed by atoms with Gasteiger partial charge < -0.3 is 5.32 Å². The fourth-order valence-corrected chi connectivity index (χ4v) is 3.19. The number of nitrogens with one attached hydrogen (secondary N) is 2. The molecule has 1 heterocycles. The number of hydrogen-bond donors (Lipinski definition) is 2. The van der Waals surface area contributed by atoms with Crippen LogP contribution in [0.15, 0.2) is 48.5 Å². The van der Waals surface area contributed by atoms with Gasteiger partial charge in [0.2, 0.25) is 11.0 Å². The molecule has 3 rings (SSSR count). The number of nitrogens with zero attached hydrogens (tertiary/aromatic N) is 3. The highest BCUT2D eigenvalue weighted by atomic mass is 32.1. The summed E-state index contributed by atoms with van der Waals surface area (Å²) in [4.78, 5) is 34.2. The molecule has 0 aliphatic rings. The third-order valence-electron chi connectivity index (χ3n) is 3.88. The highest BCUT2D eigenvalue weighted by Gasteiger charge is 2.13. The van der Waals surface area contributed by atoms with Gasteiger partial charge in [-0.1, -0.05) is 18.3 Å². The highest BCUT2D eigenvalue weighted by molar-refractivity contribution is 7.18. The van der Waals surface area contributed by atoms with E-state index in [1.807, 2.05) is 6.92 Å². The first-order valence-electron chi connectivity index (χ1n) is 8.76. The van der Waals surface area contributed by atoms with Gasteiger partial charge in [0.25, 0.3) is 11.6 Å². The second-order valence-electron chi connectivity index (χ2n) is 6.05. The molecule has 0 spiro atoms. The van der Waals surface area contributed by atoms with Crippen LogP contribution >= 0.6 is 11.3 Å². The van der Waals surface area contributed by atoms with Crippen molar-refractivity contribution in [2.24, 2.45) is 0 Å². The molecule has 3 aromatic rings. The molecular formula is C19H17N5O4S. The zero-order valence-electron chi connectivity index (χ0n) is 15.4. The van der Waals surface area contributed by atoms with E-state index < -0.39 is 4.92 Å². The lowest BCUT2D eigenvalue weighted by atomic mass is 10.2. The van der Waals surface area contributed by atoms with Crippen molar-refractivity contribution in [3.05, 3.63) is 64.2 Å². The number of anilines is 2. The van der Waals surface area contributed by atoms with E-state index in [1.54, 1.807) is 36.4 Å². The molecule has 148 valence electrons. The van der Waals surface area contributed by atoms with Crippen molar-refractivity contribution < 1.29 is 14.5 Å². The number of aromatic nitrogens is 2. The fourth-order valence-electron chi connectivity index (χ4n) is 2.44. The van der Waals surface area contributed by atoms with Crippen LogP contribution in [0.5, 0.6) is 0 Å². The molecule has 9 nitrogen and oxygen atoms in total. The van der Waals surface area contributed by atoms with Crippen molar-refractivity contribution in [3.63, 3.8) is 0 Å². The molecule has 0 bridgehead atoms. The summed E-state index contributed by atoms with van der Waals surface area (Å²) < 4.78 is 0. The van der Waals surface area contributed by atoms with Crippen LogP contribution in [-0.2, 0) is 4.79 Å². The van der Waals surface area contributed by atoms with Crippen LogP contribution in [0.25, 0.3) is 10.6 Å². The molecule has 2 N–H and O–H groups in total. The highest BCUT2D eigenvalue weighted by Crippen LogP contribution is 2.28. The summed E-state index contributed by atoms with van der Waals surface area (Å²) in [5, 5.41) is 24.9. The number of benzene rings is 2. The van der Waals surface area contributed by atoms with Crippen LogP contribution in [0.3, 0.4) is 0 Å². The molecule has 0 saturated heterocycles. The van der Waals surface area contributed by atoms with E-state index in [0.29, 0.717) is 33.4 Å². The standard InChI is InChI=1S/C19H17N5O4S/c1-2-3-16(25)20-14-8-4-12(5-9-14)17(26)21-19-23-22-18(29-19)13-6-10-15(11-7-13)24(27)28/h4-11H,2-3H2,1H3,(H,20,25)(H,21,23,26). The van der Waals surface area contributed by atoms with Gasteiger partial charge in [-0.15, -0.1) is 10.2 Å². The number of rotatable bonds is 7. The van der Waals surface area contributed by atoms with Gasteiger partial charge >= 0.3 is 0 Å². The first kappa shape index (κ1) is 20.1. The average Bonchev–Trinajstić information content (AvgIpc) is 3.17. The Labute approximate surface area is 169 Å². The molecule has 2 amide bonds. The second kappa shape index (κ2) is 9.02. The maximum atomic E-state index is 12.4. The minimum atomic E-state index is -0.476. The lowest BCUT2D eigenvalue weighted by Gasteiger charge is -2.05. The Bertz CT molecular complexity index is 1030. The van der Waals surface area contributed by atoms with Gasteiger partial charge in [-0.2, -0.15) is 0 Å². The Kier molecular flexibility index (Phi) is 6.25. The van der Waals surface area contributed by atoms with Gasteiger partial charge in [0.1, 0.15) is 5.01 Å². The Morgan fingerprint density at radius 2 is 1.72 bits per heavy atom. The van der Waals surface area contributed by atoms with Gasteiger partial charge in [-0.25, -0.2) is 0 Å². The van der Waals surface area contributed by atoms with Crippen LogP contribution in [0.4, 0.5) is 16.5 Å². The first-order valence-corrected chi connectivity index (χ1v) is 9.57. The molecule has 10 heteroatoms. The Balaban J connectivity index is 1.64. The number of carbonyl (C=O) groups is 2. The SMILES string of the molecule is CCCC(=O)Nc1ccc(C(=O)Nc2nnc(-c3ccc([N+](=O)[O-])cc3)s2)cc1. The van der Waals surface area contributed by atoms with Crippen molar-refractivity contribution in [1.82, 2.24) is 10.2 Å². The number of hydrogen-bond acceptors (Lipinski definition) is 7. The maximum absolute atomic E-state index is 12.4. The molecule has 2 aromatic carbocycles. The smallest absolute Gasteiger partial charge is 0.269 e. The zero-order chi connectivity index (χ0) is 20.8. The summed E-state index contributed by atoms with van der Waals surface area (Å²) >= 11 is 1.16. The number of nitro groups is 1.